The third kappa shape index (κ3) is 3.98. The lowest BCUT2D eigenvalue weighted by Crippen LogP contribution is -2.29. The normalized spacial score (nSPS) is 14.1. The molecule has 0 aliphatic heterocycles. The SMILES string of the molecule is COCCn1ncc(Cl)c1C(C)(O)Cc1ccc(Cl)cc1. The van der Waals surface area contributed by atoms with E-state index in [-0.39, 0.29) is 0 Å². The second kappa shape index (κ2) is 6.79. The van der Waals surface area contributed by atoms with Crippen LogP contribution in [0.4, 0.5) is 0 Å². The van der Waals surface area contributed by atoms with Gasteiger partial charge >= 0.3 is 0 Å². The lowest BCUT2D eigenvalue weighted by atomic mass is 9.93. The first kappa shape index (κ1) is 16.3. The summed E-state index contributed by atoms with van der Waals surface area (Å²) >= 11 is 12.1. The zero-order valence-electron chi connectivity index (χ0n) is 12.0. The Morgan fingerprint density at radius 1 is 1.29 bits per heavy atom. The number of ether oxygens (including phenoxy) is 1. The van der Waals surface area contributed by atoms with Gasteiger partial charge in [-0.15, -0.1) is 0 Å². The molecule has 0 bridgehead atoms. The van der Waals surface area contributed by atoms with Crippen molar-refractivity contribution in [1.82, 2.24) is 9.78 Å². The molecule has 4 nitrogen and oxygen atoms in total. The maximum atomic E-state index is 10.8. The topological polar surface area (TPSA) is 47.3 Å². The van der Waals surface area contributed by atoms with E-state index in [0.29, 0.717) is 35.3 Å². The Hall–Kier alpha value is -1.07. The van der Waals surface area contributed by atoms with E-state index in [1.165, 1.54) is 0 Å². The Morgan fingerprint density at radius 3 is 2.57 bits per heavy atom. The van der Waals surface area contributed by atoms with Gasteiger partial charge in [-0.1, -0.05) is 35.3 Å². The van der Waals surface area contributed by atoms with Gasteiger partial charge in [0.1, 0.15) is 5.60 Å². The van der Waals surface area contributed by atoms with Crippen molar-refractivity contribution >= 4 is 23.2 Å². The van der Waals surface area contributed by atoms with Crippen LogP contribution in [0, 0.1) is 0 Å². The fourth-order valence-electron chi connectivity index (χ4n) is 2.33. The van der Waals surface area contributed by atoms with Crippen LogP contribution in [0.1, 0.15) is 18.2 Å². The zero-order chi connectivity index (χ0) is 15.5. The highest BCUT2D eigenvalue weighted by atomic mass is 35.5. The van der Waals surface area contributed by atoms with Crippen LogP contribution in [0.15, 0.2) is 30.5 Å². The van der Waals surface area contributed by atoms with Crippen molar-refractivity contribution in [2.24, 2.45) is 0 Å². The summed E-state index contributed by atoms with van der Waals surface area (Å²) < 4.78 is 6.74. The molecular weight excluding hydrogens is 311 g/mol. The minimum atomic E-state index is -1.13. The van der Waals surface area contributed by atoms with Crippen molar-refractivity contribution in [1.29, 1.82) is 0 Å². The van der Waals surface area contributed by atoms with Crippen molar-refractivity contribution in [2.45, 2.75) is 25.5 Å². The van der Waals surface area contributed by atoms with Gasteiger partial charge in [-0.05, 0) is 24.6 Å². The van der Waals surface area contributed by atoms with E-state index in [2.05, 4.69) is 5.10 Å². The van der Waals surface area contributed by atoms with Crippen LogP contribution in [0.3, 0.4) is 0 Å². The van der Waals surface area contributed by atoms with E-state index >= 15 is 0 Å². The number of hydrogen-bond acceptors (Lipinski definition) is 3. The Balaban J connectivity index is 2.25. The molecule has 0 fully saturated rings. The molecule has 0 amide bonds. The summed E-state index contributed by atoms with van der Waals surface area (Å²) in [5.74, 6) is 0. The molecule has 1 aromatic carbocycles. The first-order valence-corrected chi connectivity index (χ1v) is 7.37. The standard InChI is InChI=1S/C15H18Cl2N2O2/c1-15(20,9-11-3-5-12(16)6-4-11)14-13(17)10-18-19(14)7-8-21-2/h3-6,10,20H,7-9H2,1-2H3. The molecule has 0 aliphatic carbocycles. The smallest absolute Gasteiger partial charge is 0.109 e. The fraction of sp³-hybridized carbons (Fsp3) is 0.400. The van der Waals surface area contributed by atoms with Gasteiger partial charge in [0.2, 0.25) is 0 Å². The van der Waals surface area contributed by atoms with Gasteiger partial charge in [-0.2, -0.15) is 5.10 Å². The number of methoxy groups -OCH3 is 1. The quantitative estimate of drug-likeness (QED) is 0.885. The number of nitrogens with zero attached hydrogens (tertiary/aromatic N) is 2. The highest BCUT2D eigenvalue weighted by molar-refractivity contribution is 6.31. The number of benzene rings is 1. The van der Waals surface area contributed by atoms with Gasteiger partial charge in [0.05, 0.1) is 30.1 Å². The predicted molar refractivity (Wildman–Crippen MR) is 83.8 cm³/mol. The summed E-state index contributed by atoms with van der Waals surface area (Å²) in [6.07, 6.45) is 1.96. The Bertz CT molecular complexity index is 594. The second-order valence-electron chi connectivity index (χ2n) is 5.13. The van der Waals surface area contributed by atoms with Gasteiger partial charge in [0, 0.05) is 18.6 Å². The van der Waals surface area contributed by atoms with Crippen molar-refractivity contribution in [2.75, 3.05) is 13.7 Å². The average molecular weight is 329 g/mol. The number of aliphatic hydroxyl groups is 1. The average Bonchev–Trinajstić information content (AvgIpc) is 2.81. The second-order valence-corrected chi connectivity index (χ2v) is 5.98. The van der Waals surface area contributed by atoms with E-state index in [1.54, 1.807) is 37.0 Å². The molecule has 0 saturated heterocycles. The van der Waals surface area contributed by atoms with Crippen LogP contribution >= 0.6 is 23.2 Å². The maximum Gasteiger partial charge on any atom is 0.109 e. The van der Waals surface area contributed by atoms with Crippen molar-refractivity contribution in [3.63, 3.8) is 0 Å². The van der Waals surface area contributed by atoms with Crippen LogP contribution in [0.5, 0.6) is 0 Å². The van der Waals surface area contributed by atoms with E-state index in [0.717, 1.165) is 5.56 Å². The van der Waals surface area contributed by atoms with Crippen LogP contribution in [-0.4, -0.2) is 28.6 Å². The van der Waals surface area contributed by atoms with Gasteiger partial charge in [0.25, 0.3) is 0 Å². The Morgan fingerprint density at radius 2 is 1.95 bits per heavy atom. The minimum absolute atomic E-state index is 0.419. The highest BCUT2D eigenvalue weighted by Gasteiger charge is 2.30. The minimum Gasteiger partial charge on any atom is -0.383 e. The van der Waals surface area contributed by atoms with Gasteiger partial charge in [-0.3, -0.25) is 4.68 Å². The van der Waals surface area contributed by atoms with Crippen molar-refractivity contribution in [3.8, 4) is 0 Å². The number of halogens is 2. The van der Waals surface area contributed by atoms with E-state index in [4.69, 9.17) is 27.9 Å². The fourth-order valence-corrected chi connectivity index (χ4v) is 2.80. The van der Waals surface area contributed by atoms with Crippen LogP contribution in [0.25, 0.3) is 0 Å². The first-order valence-electron chi connectivity index (χ1n) is 6.61. The molecule has 1 aromatic heterocycles. The third-order valence-electron chi connectivity index (χ3n) is 3.27. The molecular formula is C15H18Cl2N2O2. The molecule has 0 radical (unpaired) electrons. The number of rotatable bonds is 6. The molecule has 1 unspecified atom stereocenters. The highest BCUT2D eigenvalue weighted by Crippen LogP contribution is 2.31. The monoisotopic (exact) mass is 328 g/mol. The molecule has 114 valence electrons. The third-order valence-corrected chi connectivity index (χ3v) is 3.80. The molecule has 0 spiro atoms. The molecule has 1 atom stereocenters. The molecule has 6 heteroatoms. The maximum absolute atomic E-state index is 10.8. The van der Waals surface area contributed by atoms with Gasteiger partial charge in [-0.25, -0.2) is 0 Å². The van der Waals surface area contributed by atoms with Crippen LogP contribution in [0.2, 0.25) is 10.0 Å². The van der Waals surface area contributed by atoms with Gasteiger partial charge < -0.3 is 9.84 Å². The first-order chi connectivity index (χ1) is 9.94. The lowest BCUT2D eigenvalue weighted by molar-refractivity contribution is 0.0462. The predicted octanol–water partition coefficient (Wildman–Crippen LogP) is 3.29. The summed E-state index contributed by atoms with van der Waals surface area (Å²) in [6, 6.07) is 7.38. The summed E-state index contributed by atoms with van der Waals surface area (Å²) in [5, 5.41) is 16.2. The zero-order valence-corrected chi connectivity index (χ0v) is 13.5. The number of aromatic nitrogens is 2. The largest absolute Gasteiger partial charge is 0.383 e. The van der Waals surface area contributed by atoms with E-state index in [1.807, 2.05) is 12.1 Å². The van der Waals surface area contributed by atoms with Crippen LogP contribution in [-0.2, 0) is 23.3 Å². The van der Waals surface area contributed by atoms with Gasteiger partial charge in [0.15, 0.2) is 0 Å². The van der Waals surface area contributed by atoms with E-state index in [9.17, 15) is 5.11 Å². The van der Waals surface area contributed by atoms with Crippen molar-refractivity contribution in [3.05, 3.63) is 51.8 Å². The molecule has 21 heavy (non-hydrogen) atoms. The lowest BCUT2D eigenvalue weighted by Gasteiger charge is -2.25. The summed E-state index contributed by atoms with van der Waals surface area (Å²) in [4.78, 5) is 0. The number of hydrogen-bond donors (Lipinski definition) is 1. The molecule has 2 aromatic rings. The summed E-state index contributed by atoms with van der Waals surface area (Å²) in [5.41, 5.74) is 0.436. The summed E-state index contributed by atoms with van der Waals surface area (Å²) in [6.45, 7) is 2.77. The molecule has 2 rings (SSSR count). The molecule has 1 N–H and O–H groups in total. The summed E-state index contributed by atoms with van der Waals surface area (Å²) in [7, 11) is 1.62. The molecule has 0 saturated carbocycles. The van der Waals surface area contributed by atoms with E-state index < -0.39 is 5.60 Å². The van der Waals surface area contributed by atoms with Crippen molar-refractivity contribution < 1.29 is 9.84 Å². The molecule has 0 aliphatic rings. The Kier molecular flexibility index (Phi) is 5.27. The molecule has 1 heterocycles. The van der Waals surface area contributed by atoms with Crippen LogP contribution < -0.4 is 0 Å². The Labute approximate surface area is 134 Å².